The van der Waals surface area contributed by atoms with Gasteiger partial charge in [0.05, 0.1) is 30.2 Å². The number of ether oxygens (including phenoxy) is 1. The van der Waals surface area contributed by atoms with E-state index in [0.29, 0.717) is 42.8 Å². The molecule has 4 aromatic rings. The molecule has 9 nitrogen and oxygen atoms in total. The van der Waals surface area contributed by atoms with Crippen molar-refractivity contribution in [3.63, 3.8) is 0 Å². The van der Waals surface area contributed by atoms with E-state index >= 15 is 0 Å². The maximum absolute atomic E-state index is 13.9. The highest BCUT2D eigenvalue weighted by Crippen LogP contribution is 2.38. The van der Waals surface area contributed by atoms with Gasteiger partial charge >= 0.3 is 6.18 Å². The summed E-state index contributed by atoms with van der Waals surface area (Å²) in [5.41, 5.74) is 6.21. The van der Waals surface area contributed by atoms with Crippen molar-refractivity contribution in [2.24, 2.45) is 0 Å². The number of hydrogen-bond donors (Lipinski definition) is 2. The third-order valence-corrected chi connectivity index (χ3v) is 6.32. The van der Waals surface area contributed by atoms with Crippen molar-refractivity contribution in [1.29, 1.82) is 0 Å². The first kappa shape index (κ1) is 23.9. The quantitative estimate of drug-likeness (QED) is 0.396. The number of nitrogens with two attached hydrogens (primary N) is 1. The molecule has 3 aromatic heterocycles. The molecular formula is C23H21F3N8OS. The van der Waals surface area contributed by atoms with Crippen LogP contribution in [0.5, 0.6) is 0 Å². The van der Waals surface area contributed by atoms with E-state index in [1.807, 2.05) is 40.6 Å². The zero-order chi connectivity index (χ0) is 25.3. The summed E-state index contributed by atoms with van der Waals surface area (Å²) >= 11 is 1.36. The van der Waals surface area contributed by atoms with Crippen LogP contribution in [0.4, 0.5) is 36.0 Å². The number of alkyl halides is 3. The third-order valence-electron chi connectivity index (χ3n) is 5.56. The van der Waals surface area contributed by atoms with Crippen molar-refractivity contribution >= 4 is 34.2 Å². The lowest BCUT2D eigenvalue weighted by Gasteiger charge is -2.28. The lowest BCUT2D eigenvalue weighted by Crippen LogP contribution is -2.37. The molecule has 1 aromatic carbocycles. The molecule has 1 fully saturated rings. The van der Waals surface area contributed by atoms with Gasteiger partial charge in [0.25, 0.3) is 0 Å². The van der Waals surface area contributed by atoms with Gasteiger partial charge in [-0.2, -0.15) is 18.2 Å². The number of anilines is 4. The molecule has 1 aliphatic heterocycles. The Morgan fingerprint density at radius 3 is 2.53 bits per heavy atom. The first-order valence-electron chi connectivity index (χ1n) is 11.0. The summed E-state index contributed by atoms with van der Waals surface area (Å²) < 4.78 is 47.0. The fraction of sp³-hybridized carbons (Fsp3) is 0.261. The summed E-state index contributed by atoms with van der Waals surface area (Å²) in [6, 6.07) is 9.66. The zero-order valence-corrected chi connectivity index (χ0v) is 19.9. The van der Waals surface area contributed by atoms with E-state index < -0.39 is 17.8 Å². The molecule has 0 unspecified atom stereocenters. The van der Waals surface area contributed by atoms with Crippen LogP contribution in [0, 0.1) is 6.92 Å². The standard InChI is InChI=1S/C23H21F3N8OS/c1-13-17(15-11-28-20(27)31-18(15)23(24,25)26)30-21(34-7-9-35-10-8-34)32-19(13)33-22-29-16(12-36-22)14-5-3-2-4-6-14/h2-6,11-12H,7-10H2,1H3,(H2,27,28,31)(H,29,30,32,33). The molecule has 0 spiro atoms. The number of hydrogen-bond acceptors (Lipinski definition) is 10. The predicted molar refractivity (Wildman–Crippen MR) is 131 cm³/mol. The van der Waals surface area contributed by atoms with Gasteiger partial charge in [0.2, 0.25) is 11.9 Å². The van der Waals surface area contributed by atoms with E-state index in [0.717, 1.165) is 17.5 Å². The minimum absolute atomic E-state index is 0.0566. The van der Waals surface area contributed by atoms with Gasteiger partial charge in [-0.1, -0.05) is 30.3 Å². The lowest BCUT2D eigenvalue weighted by molar-refractivity contribution is -0.140. The van der Waals surface area contributed by atoms with Crippen molar-refractivity contribution in [2.45, 2.75) is 13.1 Å². The second kappa shape index (κ2) is 9.66. The third kappa shape index (κ3) is 4.93. The number of morpholine rings is 1. The van der Waals surface area contributed by atoms with Gasteiger partial charge in [-0.05, 0) is 6.92 Å². The molecule has 0 amide bonds. The zero-order valence-electron chi connectivity index (χ0n) is 19.1. The Morgan fingerprint density at radius 1 is 1.06 bits per heavy atom. The highest BCUT2D eigenvalue weighted by molar-refractivity contribution is 7.14. The van der Waals surface area contributed by atoms with Gasteiger partial charge in [0.1, 0.15) is 5.82 Å². The Kier molecular flexibility index (Phi) is 6.41. The Balaban J connectivity index is 1.60. The van der Waals surface area contributed by atoms with Gasteiger partial charge < -0.3 is 20.7 Å². The highest BCUT2D eigenvalue weighted by atomic mass is 32.1. The molecule has 5 rings (SSSR count). The minimum atomic E-state index is -4.75. The molecule has 1 saturated heterocycles. The fourth-order valence-corrected chi connectivity index (χ4v) is 4.47. The van der Waals surface area contributed by atoms with Crippen LogP contribution in [0.2, 0.25) is 0 Å². The van der Waals surface area contributed by atoms with Crippen molar-refractivity contribution in [1.82, 2.24) is 24.9 Å². The molecular weight excluding hydrogens is 493 g/mol. The van der Waals surface area contributed by atoms with E-state index in [9.17, 15) is 13.2 Å². The average molecular weight is 515 g/mol. The van der Waals surface area contributed by atoms with Gasteiger partial charge in [-0.15, -0.1) is 11.3 Å². The van der Waals surface area contributed by atoms with Gasteiger partial charge in [-0.3, -0.25) is 0 Å². The van der Waals surface area contributed by atoms with Gasteiger partial charge in [-0.25, -0.2) is 19.9 Å². The molecule has 0 bridgehead atoms. The van der Waals surface area contributed by atoms with Crippen LogP contribution in [-0.4, -0.2) is 51.2 Å². The topological polar surface area (TPSA) is 115 Å². The monoisotopic (exact) mass is 514 g/mol. The van der Waals surface area contributed by atoms with E-state index in [1.165, 1.54) is 11.3 Å². The number of nitrogens with zero attached hydrogens (tertiary/aromatic N) is 6. The Bertz CT molecular complexity index is 1370. The van der Waals surface area contributed by atoms with E-state index in [4.69, 9.17) is 10.5 Å². The smallest absolute Gasteiger partial charge is 0.378 e. The fourth-order valence-electron chi connectivity index (χ4n) is 3.75. The summed E-state index contributed by atoms with van der Waals surface area (Å²) in [4.78, 5) is 22.9. The van der Waals surface area contributed by atoms with Gasteiger partial charge in [0, 0.05) is 35.8 Å². The maximum atomic E-state index is 13.9. The van der Waals surface area contributed by atoms with Crippen LogP contribution in [-0.2, 0) is 10.9 Å². The van der Waals surface area contributed by atoms with Crippen LogP contribution in [0.1, 0.15) is 11.3 Å². The van der Waals surface area contributed by atoms with Crippen LogP contribution >= 0.6 is 11.3 Å². The maximum Gasteiger partial charge on any atom is 0.434 e. The lowest BCUT2D eigenvalue weighted by atomic mass is 10.1. The second-order valence-electron chi connectivity index (χ2n) is 7.96. The molecule has 0 saturated carbocycles. The van der Waals surface area contributed by atoms with Gasteiger partial charge in [0.15, 0.2) is 10.8 Å². The average Bonchev–Trinajstić information content (AvgIpc) is 3.34. The molecule has 1 aliphatic rings. The van der Waals surface area contributed by atoms with Crippen molar-refractivity contribution in [3.8, 4) is 22.5 Å². The molecule has 0 radical (unpaired) electrons. The highest BCUT2D eigenvalue weighted by Gasteiger charge is 2.37. The molecule has 0 aliphatic carbocycles. The summed E-state index contributed by atoms with van der Waals surface area (Å²) in [6.07, 6.45) is -3.71. The Hall–Kier alpha value is -3.84. The van der Waals surface area contributed by atoms with Crippen LogP contribution in [0.3, 0.4) is 0 Å². The number of benzene rings is 1. The van der Waals surface area contributed by atoms with Crippen molar-refractivity contribution < 1.29 is 17.9 Å². The van der Waals surface area contributed by atoms with Crippen LogP contribution < -0.4 is 16.0 Å². The molecule has 13 heteroatoms. The minimum Gasteiger partial charge on any atom is -0.378 e. The molecule has 186 valence electrons. The Morgan fingerprint density at radius 2 is 1.81 bits per heavy atom. The molecule has 3 N–H and O–H groups in total. The molecule has 0 atom stereocenters. The Labute approximate surface area is 208 Å². The van der Waals surface area contributed by atoms with E-state index in [-0.39, 0.29) is 17.2 Å². The number of halogens is 3. The summed E-state index contributed by atoms with van der Waals surface area (Å²) in [5, 5.41) is 5.61. The normalized spacial score (nSPS) is 14.2. The summed E-state index contributed by atoms with van der Waals surface area (Å²) in [7, 11) is 0. The number of thiazole rings is 1. The van der Waals surface area contributed by atoms with Crippen molar-refractivity contribution in [2.75, 3.05) is 42.3 Å². The van der Waals surface area contributed by atoms with Crippen molar-refractivity contribution in [3.05, 3.63) is 53.2 Å². The largest absolute Gasteiger partial charge is 0.434 e. The summed E-state index contributed by atoms with van der Waals surface area (Å²) in [6.45, 7) is 3.56. The predicted octanol–water partition coefficient (Wildman–Crippen LogP) is 4.55. The first-order valence-corrected chi connectivity index (χ1v) is 11.9. The number of nitrogens with one attached hydrogen (secondary N) is 1. The summed E-state index contributed by atoms with van der Waals surface area (Å²) in [5.74, 6) is 0.132. The SMILES string of the molecule is Cc1c(Nc2nc(-c3ccccc3)cs2)nc(N2CCOCC2)nc1-c1cnc(N)nc1C(F)(F)F. The van der Waals surface area contributed by atoms with E-state index in [1.54, 1.807) is 6.92 Å². The molecule has 4 heterocycles. The van der Waals surface area contributed by atoms with E-state index in [2.05, 4.69) is 30.2 Å². The second-order valence-corrected chi connectivity index (χ2v) is 8.82. The van der Waals surface area contributed by atoms with Crippen LogP contribution in [0.25, 0.3) is 22.5 Å². The number of nitrogen functional groups attached to an aromatic ring is 1. The number of rotatable bonds is 5. The molecule has 36 heavy (non-hydrogen) atoms. The number of aromatic nitrogens is 5. The van der Waals surface area contributed by atoms with Crippen LogP contribution in [0.15, 0.2) is 41.9 Å². The first-order chi connectivity index (χ1) is 17.3.